The van der Waals surface area contributed by atoms with Crippen molar-refractivity contribution in [2.24, 2.45) is 5.84 Å². The molecule has 8 nitrogen and oxygen atoms in total. The van der Waals surface area contributed by atoms with Gasteiger partial charge in [-0.15, -0.1) is 0 Å². The van der Waals surface area contributed by atoms with Gasteiger partial charge in [0.2, 0.25) is 5.91 Å². The molecule has 0 aromatic heterocycles. The van der Waals surface area contributed by atoms with Gasteiger partial charge in [0.05, 0.1) is 32.9 Å². The molecule has 142 valence electrons. The number of ether oxygens (including phenoxy) is 3. The lowest BCUT2D eigenvalue weighted by Gasteiger charge is -2.34. The fourth-order valence-corrected chi connectivity index (χ4v) is 2.96. The lowest BCUT2D eigenvalue weighted by Crippen LogP contribution is -2.52. The van der Waals surface area contributed by atoms with Crippen molar-refractivity contribution in [2.75, 3.05) is 25.7 Å². The van der Waals surface area contributed by atoms with Crippen molar-refractivity contribution in [3.8, 4) is 17.2 Å². The molecule has 2 amide bonds. The number of nitrogens with zero attached hydrogens (tertiary/aromatic N) is 1. The van der Waals surface area contributed by atoms with Crippen molar-refractivity contribution in [3.05, 3.63) is 48.0 Å². The molecule has 27 heavy (non-hydrogen) atoms. The number of hydrogen-bond donors (Lipinski definition) is 2. The third-order valence-corrected chi connectivity index (χ3v) is 4.31. The first-order valence-electron chi connectivity index (χ1n) is 8.34. The summed E-state index contributed by atoms with van der Waals surface area (Å²) < 4.78 is 16.2. The highest BCUT2D eigenvalue weighted by Gasteiger charge is 2.33. The molecule has 3 rings (SSSR count). The molecular weight excluding hydrogens is 350 g/mol. The van der Waals surface area contributed by atoms with Crippen molar-refractivity contribution in [2.45, 2.75) is 12.5 Å². The number of hydrogen-bond acceptors (Lipinski definition) is 6. The molecule has 3 N–H and O–H groups in total. The van der Waals surface area contributed by atoms with Crippen LogP contribution < -0.4 is 30.4 Å². The first-order valence-corrected chi connectivity index (χ1v) is 8.34. The predicted molar refractivity (Wildman–Crippen MR) is 98.8 cm³/mol. The van der Waals surface area contributed by atoms with E-state index in [1.54, 1.807) is 43.5 Å². The Morgan fingerprint density at radius 3 is 2.63 bits per heavy atom. The Balaban J connectivity index is 1.86. The topological polar surface area (TPSA) is 103 Å². The quantitative estimate of drug-likeness (QED) is 0.462. The molecular formula is C19H21N3O5. The van der Waals surface area contributed by atoms with Gasteiger partial charge in [-0.3, -0.25) is 15.0 Å². The molecule has 1 aliphatic rings. The van der Waals surface area contributed by atoms with Crippen LogP contribution in [0.5, 0.6) is 17.2 Å². The van der Waals surface area contributed by atoms with E-state index >= 15 is 0 Å². The Hall–Kier alpha value is -3.26. The molecule has 1 aliphatic heterocycles. The number of fused-ring (bicyclic) bond motifs is 1. The fraction of sp³-hybridized carbons (Fsp3) is 0.263. The van der Waals surface area contributed by atoms with Crippen LogP contribution in [0.2, 0.25) is 0 Å². The Bertz CT molecular complexity index is 855. The maximum Gasteiger partial charge on any atom is 0.276 e. The molecule has 2 aromatic rings. The summed E-state index contributed by atoms with van der Waals surface area (Å²) in [7, 11) is 3.09. The van der Waals surface area contributed by atoms with E-state index in [2.05, 4.69) is 5.43 Å². The van der Waals surface area contributed by atoms with Gasteiger partial charge < -0.3 is 19.1 Å². The van der Waals surface area contributed by atoms with Crippen LogP contribution in [-0.4, -0.2) is 38.7 Å². The molecule has 0 bridgehead atoms. The van der Waals surface area contributed by atoms with Crippen LogP contribution in [0, 0.1) is 0 Å². The maximum atomic E-state index is 13.0. The largest absolute Gasteiger partial charge is 0.493 e. The first kappa shape index (κ1) is 18.5. The van der Waals surface area contributed by atoms with Gasteiger partial charge in [0.15, 0.2) is 17.6 Å². The van der Waals surface area contributed by atoms with Crippen molar-refractivity contribution < 1.29 is 23.8 Å². The smallest absolute Gasteiger partial charge is 0.276 e. The zero-order chi connectivity index (χ0) is 19.4. The number of rotatable bonds is 5. The van der Waals surface area contributed by atoms with Crippen molar-refractivity contribution in [1.29, 1.82) is 0 Å². The first-order chi connectivity index (χ1) is 13.1. The van der Waals surface area contributed by atoms with Crippen molar-refractivity contribution in [3.63, 3.8) is 0 Å². The molecule has 0 aliphatic carbocycles. The van der Waals surface area contributed by atoms with E-state index in [9.17, 15) is 9.59 Å². The van der Waals surface area contributed by atoms with Gasteiger partial charge in [-0.25, -0.2) is 5.84 Å². The third-order valence-electron chi connectivity index (χ3n) is 4.31. The highest BCUT2D eigenvalue weighted by atomic mass is 16.5. The standard InChI is InChI=1S/C19H21N3O5/c1-25-15-8-7-12(9-16(15)26-2)10-18(23)22-11-17(19(24)21-20)27-14-6-4-3-5-13(14)22/h3-9,17H,10-11,20H2,1-2H3,(H,21,24)/t17-/m0/s1. The van der Waals surface area contributed by atoms with E-state index in [0.29, 0.717) is 22.9 Å². The van der Waals surface area contributed by atoms with Crippen LogP contribution in [0.25, 0.3) is 0 Å². The van der Waals surface area contributed by atoms with Crippen LogP contribution in [-0.2, 0) is 16.0 Å². The fourth-order valence-electron chi connectivity index (χ4n) is 2.96. The van der Waals surface area contributed by atoms with E-state index < -0.39 is 12.0 Å². The second-order valence-electron chi connectivity index (χ2n) is 5.95. The van der Waals surface area contributed by atoms with Crippen LogP contribution in [0.1, 0.15) is 5.56 Å². The number of para-hydroxylation sites is 2. The van der Waals surface area contributed by atoms with Gasteiger partial charge in [0, 0.05) is 0 Å². The summed E-state index contributed by atoms with van der Waals surface area (Å²) in [5.41, 5.74) is 3.45. The van der Waals surface area contributed by atoms with Crippen LogP contribution in [0.4, 0.5) is 5.69 Å². The number of nitrogens with two attached hydrogens (primary N) is 1. The molecule has 8 heteroatoms. The predicted octanol–water partition coefficient (Wildman–Crippen LogP) is 1.03. The third kappa shape index (κ3) is 3.80. The Morgan fingerprint density at radius 2 is 1.93 bits per heavy atom. The number of nitrogens with one attached hydrogen (secondary N) is 1. The van der Waals surface area contributed by atoms with Gasteiger partial charge in [0.25, 0.3) is 5.91 Å². The van der Waals surface area contributed by atoms with Gasteiger partial charge in [-0.2, -0.15) is 0 Å². The average molecular weight is 371 g/mol. The lowest BCUT2D eigenvalue weighted by molar-refractivity contribution is -0.128. The zero-order valence-electron chi connectivity index (χ0n) is 15.1. The second-order valence-corrected chi connectivity index (χ2v) is 5.95. The zero-order valence-corrected chi connectivity index (χ0v) is 15.1. The number of carbonyl (C=O) groups is 2. The minimum Gasteiger partial charge on any atom is -0.493 e. The molecule has 2 aromatic carbocycles. The number of carbonyl (C=O) groups excluding carboxylic acids is 2. The SMILES string of the molecule is COc1ccc(CC(=O)N2C[C@@H](C(=O)NN)Oc3ccccc32)cc1OC. The normalized spacial score (nSPS) is 15.4. The Kier molecular flexibility index (Phi) is 5.46. The molecule has 0 unspecified atom stereocenters. The number of amides is 2. The maximum absolute atomic E-state index is 13.0. The Labute approximate surface area is 156 Å². The van der Waals surface area contributed by atoms with E-state index in [1.165, 1.54) is 12.0 Å². The summed E-state index contributed by atoms with van der Waals surface area (Å²) in [4.78, 5) is 26.4. The van der Waals surface area contributed by atoms with Crippen molar-refractivity contribution in [1.82, 2.24) is 5.43 Å². The molecule has 0 spiro atoms. The average Bonchev–Trinajstić information content (AvgIpc) is 2.72. The molecule has 0 radical (unpaired) electrons. The molecule has 1 atom stereocenters. The molecule has 1 heterocycles. The second kappa shape index (κ2) is 7.96. The van der Waals surface area contributed by atoms with E-state index in [1.807, 2.05) is 6.07 Å². The van der Waals surface area contributed by atoms with Gasteiger partial charge in [-0.1, -0.05) is 18.2 Å². The lowest BCUT2D eigenvalue weighted by atomic mass is 10.1. The van der Waals surface area contributed by atoms with Gasteiger partial charge in [-0.05, 0) is 29.8 Å². The number of anilines is 1. The summed E-state index contributed by atoms with van der Waals surface area (Å²) in [5, 5.41) is 0. The summed E-state index contributed by atoms with van der Waals surface area (Å²) >= 11 is 0. The summed E-state index contributed by atoms with van der Waals surface area (Å²) in [6.45, 7) is 0.0756. The van der Waals surface area contributed by atoms with Crippen LogP contribution in [0.15, 0.2) is 42.5 Å². The summed E-state index contributed by atoms with van der Waals surface area (Å²) in [5.74, 6) is 6.14. The molecule has 0 saturated carbocycles. The van der Waals surface area contributed by atoms with Crippen molar-refractivity contribution >= 4 is 17.5 Å². The highest BCUT2D eigenvalue weighted by molar-refractivity contribution is 5.98. The van der Waals surface area contributed by atoms with Crippen LogP contribution in [0.3, 0.4) is 0 Å². The minimum atomic E-state index is -0.876. The van der Waals surface area contributed by atoms with E-state index in [0.717, 1.165) is 5.56 Å². The number of methoxy groups -OCH3 is 2. The van der Waals surface area contributed by atoms with Gasteiger partial charge in [0.1, 0.15) is 5.75 Å². The minimum absolute atomic E-state index is 0.0756. The number of benzene rings is 2. The van der Waals surface area contributed by atoms with E-state index in [4.69, 9.17) is 20.1 Å². The molecule has 0 fully saturated rings. The van der Waals surface area contributed by atoms with Crippen LogP contribution >= 0.6 is 0 Å². The monoisotopic (exact) mass is 371 g/mol. The van der Waals surface area contributed by atoms with E-state index in [-0.39, 0.29) is 18.9 Å². The highest BCUT2D eigenvalue weighted by Crippen LogP contribution is 2.34. The Morgan fingerprint density at radius 1 is 1.19 bits per heavy atom. The summed E-state index contributed by atoms with van der Waals surface area (Å²) in [6.07, 6.45) is -0.745. The number of hydrazine groups is 1. The molecule has 0 saturated heterocycles. The summed E-state index contributed by atoms with van der Waals surface area (Å²) in [6, 6.07) is 12.4. The van der Waals surface area contributed by atoms with Gasteiger partial charge >= 0.3 is 0 Å².